The van der Waals surface area contributed by atoms with Crippen molar-refractivity contribution in [2.75, 3.05) is 11.1 Å². The second-order valence-electron chi connectivity index (χ2n) is 4.35. The molecule has 4 N–H and O–H groups in total. The summed E-state index contributed by atoms with van der Waals surface area (Å²) in [6.07, 6.45) is 2.09. The Labute approximate surface area is 118 Å². The van der Waals surface area contributed by atoms with Gasteiger partial charge in [0, 0.05) is 11.4 Å². The summed E-state index contributed by atoms with van der Waals surface area (Å²) in [6.45, 7) is 0.564. The van der Waals surface area contributed by atoms with E-state index in [1.807, 2.05) is 5.38 Å². The van der Waals surface area contributed by atoms with Crippen LogP contribution in [0.1, 0.15) is 28.9 Å². The molecule has 0 saturated heterocycles. The molecule has 1 fully saturated rings. The van der Waals surface area contributed by atoms with Gasteiger partial charge in [-0.2, -0.15) is 4.37 Å². The summed E-state index contributed by atoms with van der Waals surface area (Å²) in [4.78, 5) is 16.3. The van der Waals surface area contributed by atoms with Gasteiger partial charge in [-0.15, -0.1) is 11.3 Å². The van der Waals surface area contributed by atoms with Crippen LogP contribution in [0.5, 0.6) is 0 Å². The van der Waals surface area contributed by atoms with E-state index >= 15 is 0 Å². The minimum Gasteiger partial charge on any atom is -0.382 e. The SMILES string of the molecule is Nc1nsc(NCc2cscn2)c1C(=O)NC1CC1. The minimum absolute atomic E-state index is 0.144. The quantitative estimate of drug-likeness (QED) is 0.780. The largest absolute Gasteiger partial charge is 0.382 e. The monoisotopic (exact) mass is 295 g/mol. The second kappa shape index (κ2) is 5.14. The highest BCUT2D eigenvalue weighted by molar-refractivity contribution is 7.11. The number of anilines is 2. The molecule has 3 rings (SSSR count). The van der Waals surface area contributed by atoms with Gasteiger partial charge < -0.3 is 16.4 Å². The van der Waals surface area contributed by atoms with Crippen molar-refractivity contribution in [3.05, 3.63) is 22.1 Å². The number of carbonyl (C=O) groups excluding carboxylic acids is 1. The summed E-state index contributed by atoms with van der Waals surface area (Å²) in [5, 5.41) is 8.75. The Hall–Kier alpha value is -1.67. The molecule has 19 heavy (non-hydrogen) atoms. The highest BCUT2D eigenvalue weighted by atomic mass is 32.1. The number of nitrogens with two attached hydrogens (primary N) is 1. The summed E-state index contributed by atoms with van der Waals surface area (Å²) < 4.78 is 4.04. The van der Waals surface area contributed by atoms with E-state index in [2.05, 4.69) is 20.0 Å². The maximum Gasteiger partial charge on any atom is 0.258 e. The molecule has 0 unspecified atom stereocenters. The van der Waals surface area contributed by atoms with Crippen LogP contribution in [-0.2, 0) is 6.54 Å². The highest BCUT2D eigenvalue weighted by Gasteiger charge is 2.27. The Morgan fingerprint density at radius 2 is 2.37 bits per heavy atom. The number of thiazole rings is 1. The zero-order valence-electron chi connectivity index (χ0n) is 10.0. The lowest BCUT2D eigenvalue weighted by Gasteiger charge is -2.06. The van der Waals surface area contributed by atoms with E-state index in [1.54, 1.807) is 5.51 Å². The maximum atomic E-state index is 12.1. The topological polar surface area (TPSA) is 92.9 Å². The normalized spacial score (nSPS) is 14.3. The average molecular weight is 295 g/mol. The Morgan fingerprint density at radius 3 is 3.05 bits per heavy atom. The first-order valence-corrected chi connectivity index (χ1v) is 7.62. The summed E-state index contributed by atoms with van der Waals surface area (Å²) in [5.41, 5.74) is 8.94. The molecule has 0 aromatic carbocycles. The first kappa shape index (κ1) is 12.4. The zero-order valence-corrected chi connectivity index (χ0v) is 11.7. The summed E-state index contributed by atoms with van der Waals surface area (Å²) >= 11 is 2.74. The molecular weight excluding hydrogens is 282 g/mol. The van der Waals surface area contributed by atoms with Crippen molar-refractivity contribution >= 4 is 39.6 Å². The molecule has 6 nitrogen and oxygen atoms in total. The standard InChI is InChI=1S/C11H13N5OS2/c12-9-8(10(17)15-6-1-2-6)11(19-16-9)13-3-7-4-18-5-14-7/h4-6,13H,1-3H2,(H2,12,16)(H,15,17). The number of nitrogens with one attached hydrogen (secondary N) is 2. The van der Waals surface area contributed by atoms with E-state index < -0.39 is 0 Å². The van der Waals surface area contributed by atoms with Gasteiger partial charge in [0.25, 0.3) is 5.91 Å². The zero-order chi connectivity index (χ0) is 13.2. The van der Waals surface area contributed by atoms with Crippen LogP contribution in [0, 0.1) is 0 Å². The molecule has 2 heterocycles. The predicted octanol–water partition coefficient (Wildman–Crippen LogP) is 1.69. The Morgan fingerprint density at radius 1 is 1.53 bits per heavy atom. The van der Waals surface area contributed by atoms with E-state index in [1.165, 1.54) is 22.9 Å². The first-order valence-electron chi connectivity index (χ1n) is 5.91. The molecule has 0 spiro atoms. The molecular formula is C11H13N5OS2. The fourth-order valence-corrected chi connectivity index (χ4v) is 2.89. The van der Waals surface area contributed by atoms with E-state index in [0.717, 1.165) is 18.5 Å². The Balaban J connectivity index is 1.71. The second-order valence-corrected chi connectivity index (χ2v) is 5.85. The minimum atomic E-state index is -0.144. The fraction of sp³-hybridized carbons (Fsp3) is 0.364. The van der Waals surface area contributed by atoms with Crippen molar-refractivity contribution < 1.29 is 4.79 Å². The third-order valence-corrected chi connectivity index (χ3v) is 4.23. The van der Waals surface area contributed by atoms with Crippen LogP contribution in [0.2, 0.25) is 0 Å². The molecule has 1 aliphatic carbocycles. The van der Waals surface area contributed by atoms with Crippen LogP contribution in [0.3, 0.4) is 0 Å². The number of aromatic nitrogens is 2. The summed E-state index contributed by atoms with van der Waals surface area (Å²) in [6, 6.07) is 0.304. The van der Waals surface area contributed by atoms with Crippen molar-refractivity contribution in [3.63, 3.8) is 0 Å². The summed E-state index contributed by atoms with van der Waals surface area (Å²) in [7, 11) is 0. The number of hydrogen-bond acceptors (Lipinski definition) is 7. The maximum absolute atomic E-state index is 12.1. The number of hydrogen-bond donors (Lipinski definition) is 3. The first-order chi connectivity index (χ1) is 9.24. The van der Waals surface area contributed by atoms with E-state index in [0.29, 0.717) is 23.2 Å². The Bertz CT molecular complexity index is 576. The van der Waals surface area contributed by atoms with Gasteiger partial charge in [0.05, 0.1) is 17.7 Å². The summed E-state index contributed by atoms with van der Waals surface area (Å²) in [5.74, 6) is 0.137. The molecule has 1 saturated carbocycles. The van der Waals surface area contributed by atoms with Crippen molar-refractivity contribution in [1.82, 2.24) is 14.7 Å². The van der Waals surface area contributed by atoms with Crippen molar-refractivity contribution in [1.29, 1.82) is 0 Å². The van der Waals surface area contributed by atoms with Gasteiger partial charge in [0.15, 0.2) is 5.82 Å². The molecule has 0 aliphatic heterocycles. The Kier molecular flexibility index (Phi) is 3.34. The number of rotatable bonds is 5. The molecule has 0 bridgehead atoms. The van der Waals surface area contributed by atoms with Crippen LogP contribution in [0.15, 0.2) is 10.9 Å². The number of nitrogen functional groups attached to an aromatic ring is 1. The molecule has 0 atom stereocenters. The van der Waals surface area contributed by atoms with Gasteiger partial charge in [-0.25, -0.2) is 4.98 Å². The molecule has 0 radical (unpaired) electrons. The smallest absolute Gasteiger partial charge is 0.258 e. The van der Waals surface area contributed by atoms with E-state index in [4.69, 9.17) is 5.73 Å². The van der Waals surface area contributed by atoms with Gasteiger partial charge in [0.1, 0.15) is 10.6 Å². The van der Waals surface area contributed by atoms with Crippen LogP contribution in [-0.4, -0.2) is 21.3 Å². The lowest BCUT2D eigenvalue weighted by molar-refractivity contribution is 0.0953. The number of amides is 1. The fourth-order valence-electron chi connectivity index (χ4n) is 1.62. The van der Waals surface area contributed by atoms with Crippen molar-refractivity contribution in [3.8, 4) is 0 Å². The van der Waals surface area contributed by atoms with Gasteiger partial charge in [-0.3, -0.25) is 4.79 Å². The van der Waals surface area contributed by atoms with Gasteiger partial charge in [0.2, 0.25) is 0 Å². The van der Waals surface area contributed by atoms with E-state index in [-0.39, 0.29) is 11.7 Å². The molecule has 1 aliphatic rings. The average Bonchev–Trinajstić information content (AvgIpc) is 2.92. The lowest BCUT2D eigenvalue weighted by Crippen LogP contribution is -2.26. The predicted molar refractivity (Wildman–Crippen MR) is 76.5 cm³/mol. The van der Waals surface area contributed by atoms with Gasteiger partial charge >= 0.3 is 0 Å². The molecule has 2 aromatic rings. The van der Waals surface area contributed by atoms with Crippen molar-refractivity contribution in [2.24, 2.45) is 0 Å². The number of nitrogens with zero attached hydrogens (tertiary/aromatic N) is 2. The van der Waals surface area contributed by atoms with Crippen LogP contribution < -0.4 is 16.4 Å². The lowest BCUT2D eigenvalue weighted by atomic mass is 10.3. The van der Waals surface area contributed by atoms with Gasteiger partial charge in [-0.1, -0.05) is 0 Å². The van der Waals surface area contributed by atoms with E-state index in [9.17, 15) is 4.79 Å². The van der Waals surface area contributed by atoms with Gasteiger partial charge in [-0.05, 0) is 24.4 Å². The van der Waals surface area contributed by atoms with Crippen LogP contribution >= 0.6 is 22.9 Å². The van der Waals surface area contributed by atoms with Crippen LogP contribution in [0.4, 0.5) is 10.8 Å². The highest BCUT2D eigenvalue weighted by Crippen LogP contribution is 2.28. The van der Waals surface area contributed by atoms with Crippen LogP contribution in [0.25, 0.3) is 0 Å². The van der Waals surface area contributed by atoms with Crippen molar-refractivity contribution in [2.45, 2.75) is 25.4 Å². The molecule has 8 heteroatoms. The number of carbonyl (C=O) groups is 1. The third-order valence-electron chi connectivity index (χ3n) is 2.77. The molecule has 100 valence electrons. The molecule has 2 aromatic heterocycles. The molecule has 1 amide bonds. The third kappa shape index (κ3) is 2.85.